The van der Waals surface area contributed by atoms with Crippen molar-refractivity contribution in [1.82, 2.24) is 5.32 Å². The second-order valence-corrected chi connectivity index (χ2v) is 5.55. The Labute approximate surface area is 99.4 Å². The van der Waals surface area contributed by atoms with Crippen molar-refractivity contribution in [2.75, 3.05) is 13.1 Å². The molecule has 2 atom stereocenters. The lowest BCUT2D eigenvalue weighted by Crippen LogP contribution is -2.42. The molecule has 0 bridgehead atoms. The van der Waals surface area contributed by atoms with Crippen LogP contribution in [0, 0.1) is 6.92 Å². The summed E-state index contributed by atoms with van der Waals surface area (Å²) in [5.41, 5.74) is 8.76. The monoisotopic (exact) mass is 268 g/mol. The van der Waals surface area contributed by atoms with Gasteiger partial charge in [-0.3, -0.25) is 0 Å². The summed E-state index contributed by atoms with van der Waals surface area (Å²) in [4.78, 5) is 0. The van der Waals surface area contributed by atoms with Gasteiger partial charge in [-0.1, -0.05) is 28.1 Å². The third-order valence-electron chi connectivity index (χ3n) is 3.23. The molecular formula is C12H17BrN2. The van der Waals surface area contributed by atoms with E-state index in [1.807, 2.05) is 0 Å². The zero-order valence-corrected chi connectivity index (χ0v) is 10.8. The average Bonchev–Trinajstić information content (AvgIpc) is 2.50. The van der Waals surface area contributed by atoms with E-state index in [1.54, 1.807) is 0 Å². The Morgan fingerprint density at radius 1 is 1.53 bits per heavy atom. The van der Waals surface area contributed by atoms with Crippen LogP contribution in [-0.4, -0.2) is 18.6 Å². The summed E-state index contributed by atoms with van der Waals surface area (Å²) in [5.74, 6) is 0.421. The van der Waals surface area contributed by atoms with E-state index in [1.165, 1.54) is 11.1 Å². The van der Waals surface area contributed by atoms with Gasteiger partial charge in [-0.05, 0) is 31.0 Å². The molecule has 2 nitrogen and oxygen atoms in total. The molecule has 2 rings (SSSR count). The molecular weight excluding hydrogens is 252 g/mol. The van der Waals surface area contributed by atoms with Crippen LogP contribution in [0.15, 0.2) is 22.7 Å². The highest BCUT2D eigenvalue weighted by atomic mass is 79.9. The van der Waals surface area contributed by atoms with Crippen LogP contribution >= 0.6 is 15.9 Å². The fourth-order valence-corrected chi connectivity index (χ4v) is 2.47. The van der Waals surface area contributed by atoms with Crippen molar-refractivity contribution < 1.29 is 0 Å². The quantitative estimate of drug-likeness (QED) is 0.820. The van der Waals surface area contributed by atoms with Gasteiger partial charge in [-0.2, -0.15) is 0 Å². The number of nitrogens with two attached hydrogens (primary N) is 1. The predicted molar refractivity (Wildman–Crippen MR) is 67.1 cm³/mol. The normalized spacial score (nSPS) is 30.8. The number of halogens is 1. The molecule has 1 aromatic carbocycles. The molecule has 3 heteroatoms. The van der Waals surface area contributed by atoms with Crippen molar-refractivity contribution in [3.05, 3.63) is 33.8 Å². The molecule has 0 amide bonds. The molecule has 1 fully saturated rings. The first-order chi connectivity index (χ1) is 7.00. The summed E-state index contributed by atoms with van der Waals surface area (Å²) < 4.78 is 1.16. The maximum Gasteiger partial charge on any atom is 0.0333 e. The van der Waals surface area contributed by atoms with Crippen LogP contribution in [0.1, 0.15) is 24.0 Å². The van der Waals surface area contributed by atoms with Crippen LogP contribution in [0.3, 0.4) is 0 Å². The van der Waals surface area contributed by atoms with Crippen LogP contribution < -0.4 is 11.1 Å². The summed E-state index contributed by atoms with van der Waals surface area (Å²) in [6, 6.07) is 6.51. The van der Waals surface area contributed by atoms with Crippen LogP contribution in [-0.2, 0) is 0 Å². The van der Waals surface area contributed by atoms with E-state index in [9.17, 15) is 0 Å². The van der Waals surface area contributed by atoms with Gasteiger partial charge < -0.3 is 11.1 Å². The molecule has 15 heavy (non-hydrogen) atoms. The van der Waals surface area contributed by atoms with Gasteiger partial charge >= 0.3 is 0 Å². The van der Waals surface area contributed by atoms with Gasteiger partial charge in [0.05, 0.1) is 0 Å². The Morgan fingerprint density at radius 3 is 2.80 bits per heavy atom. The molecule has 82 valence electrons. The van der Waals surface area contributed by atoms with Crippen molar-refractivity contribution in [2.24, 2.45) is 5.73 Å². The molecule has 1 aliphatic rings. The SMILES string of the molecule is Cc1cc([C@@H]2CNC[C@@]2(C)N)ccc1Br. The lowest BCUT2D eigenvalue weighted by Gasteiger charge is -2.26. The minimum atomic E-state index is -0.125. The highest BCUT2D eigenvalue weighted by molar-refractivity contribution is 9.10. The summed E-state index contributed by atoms with van der Waals surface area (Å²) in [6.07, 6.45) is 0. The minimum Gasteiger partial charge on any atom is -0.324 e. The molecule has 0 aromatic heterocycles. The van der Waals surface area contributed by atoms with E-state index in [0.717, 1.165) is 17.6 Å². The summed E-state index contributed by atoms with van der Waals surface area (Å²) >= 11 is 3.52. The second kappa shape index (κ2) is 3.89. The zero-order valence-electron chi connectivity index (χ0n) is 9.18. The van der Waals surface area contributed by atoms with Crippen LogP contribution in [0.25, 0.3) is 0 Å². The Balaban J connectivity index is 2.33. The summed E-state index contributed by atoms with van der Waals surface area (Å²) in [6.45, 7) is 6.11. The highest BCUT2D eigenvalue weighted by Crippen LogP contribution is 2.31. The Morgan fingerprint density at radius 2 is 2.27 bits per heavy atom. The Kier molecular flexibility index (Phi) is 2.88. The van der Waals surface area contributed by atoms with Crippen molar-refractivity contribution >= 4 is 15.9 Å². The molecule has 1 aliphatic heterocycles. The van der Waals surface area contributed by atoms with Crippen LogP contribution in [0.2, 0.25) is 0 Å². The molecule has 0 aliphatic carbocycles. The van der Waals surface area contributed by atoms with E-state index < -0.39 is 0 Å². The average molecular weight is 269 g/mol. The standard InChI is InChI=1S/C12H17BrN2/c1-8-5-9(3-4-11(8)13)10-6-15-7-12(10,2)14/h3-5,10,15H,6-7,14H2,1-2H3/t10-,12+/m0/s1. The lowest BCUT2D eigenvalue weighted by molar-refractivity contribution is 0.462. The molecule has 0 spiro atoms. The van der Waals surface area contributed by atoms with Crippen molar-refractivity contribution in [3.63, 3.8) is 0 Å². The summed E-state index contributed by atoms with van der Waals surface area (Å²) in [5, 5.41) is 3.36. The third-order valence-corrected chi connectivity index (χ3v) is 4.12. The lowest BCUT2D eigenvalue weighted by atomic mass is 9.84. The number of aryl methyl sites for hydroxylation is 1. The maximum atomic E-state index is 6.27. The number of hydrogen-bond acceptors (Lipinski definition) is 2. The number of hydrogen-bond donors (Lipinski definition) is 2. The maximum absolute atomic E-state index is 6.27. The molecule has 0 radical (unpaired) electrons. The fraction of sp³-hybridized carbons (Fsp3) is 0.500. The Bertz CT molecular complexity index is 374. The van der Waals surface area contributed by atoms with E-state index in [-0.39, 0.29) is 5.54 Å². The molecule has 1 heterocycles. The van der Waals surface area contributed by atoms with E-state index in [4.69, 9.17) is 5.73 Å². The van der Waals surface area contributed by atoms with Gasteiger partial charge in [-0.15, -0.1) is 0 Å². The third kappa shape index (κ3) is 2.10. The van der Waals surface area contributed by atoms with E-state index >= 15 is 0 Å². The molecule has 0 unspecified atom stereocenters. The first kappa shape index (κ1) is 11.1. The molecule has 1 aromatic rings. The second-order valence-electron chi connectivity index (χ2n) is 4.70. The first-order valence-corrected chi connectivity index (χ1v) is 6.05. The minimum absolute atomic E-state index is 0.125. The molecule has 0 saturated carbocycles. The fourth-order valence-electron chi connectivity index (χ4n) is 2.23. The van der Waals surface area contributed by atoms with Gasteiger partial charge in [-0.25, -0.2) is 0 Å². The predicted octanol–water partition coefficient (Wildman–Crippen LogP) is 2.16. The smallest absolute Gasteiger partial charge is 0.0333 e. The number of benzene rings is 1. The highest BCUT2D eigenvalue weighted by Gasteiger charge is 2.35. The van der Waals surface area contributed by atoms with Crippen molar-refractivity contribution in [1.29, 1.82) is 0 Å². The first-order valence-electron chi connectivity index (χ1n) is 5.26. The van der Waals surface area contributed by atoms with Gasteiger partial charge in [0.25, 0.3) is 0 Å². The van der Waals surface area contributed by atoms with Gasteiger partial charge in [0.2, 0.25) is 0 Å². The van der Waals surface area contributed by atoms with Gasteiger partial charge in [0.15, 0.2) is 0 Å². The van der Waals surface area contributed by atoms with Gasteiger partial charge in [0.1, 0.15) is 0 Å². The topological polar surface area (TPSA) is 38.0 Å². The van der Waals surface area contributed by atoms with Crippen molar-refractivity contribution in [3.8, 4) is 0 Å². The van der Waals surface area contributed by atoms with E-state index in [0.29, 0.717) is 5.92 Å². The van der Waals surface area contributed by atoms with Gasteiger partial charge in [0, 0.05) is 29.0 Å². The van der Waals surface area contributed by atoms with Crippen LogP contribution in [0.4, 0.5) is 0 Å². The Hall–Kier alpha value is -0.380. The molecule has 1 saturated heterocycles. The largest absolute Gasteiger partial charge is 0.324 e. The van der Waals surface area contributed by atoms with Crippen LogP contribution in [0.5, 0.6) is 0 Å². The van der Waals surface area contributed by atoms with E-state index in [2.05, 4.69) is 53.3 Å². The zero-order chi connectivity index (χ0) is 11.1. The number of nitrogens with one attached hydrogen (secondary N) is 1. The molecule has 3 N–H and O–H groups in total. The van der Waals surface area contributed by atoms with Crippen molar-refractivity contribution in [2.45, 2.75) is 25.3 Å². The summed E-state index contributed by atoms with van der Waals surface area (Å²) in [7, 11) is 0. The number of rotatable bonds is 1.